The Labute approximate surface area is 87.2 Å². The number of fused-ring (bicyclic) bond motifs is 1. The first-order valence-corrected chi connectivity index (χ1v) is 4.90. The van der Waals surface area contributed by atoms with E-state index < -0.39 is 0 Å². The third-order valence-electron chi connectivity index (χ3n) is 2.42. The lowest BCUT2D eigenvalue weighted by atomic mass is 9.97. The van der Waals surface area contributed by atoms with Crippen molar-refractivity contribution in [2.45, 2.75) is 12.3 Å². The van der Waals surface area contributed by atoms with Crippen LogP contribution < -0.4 is 11.1 Å². The van der Waals surface area contributed by atoms with Crippen molar-refractivity contribution in [2.24, 2.45) is 5.73 Å². The van der Waals surface area contributed by atoms with Crippen LogP contribution in [0.1, 0.15) is 17.9 Å². The van der Waals surface area contributed by atoms with Gasteiger partial charge < -0.3 is 11.1 Å². The van der Waals surface area contributed by atoms with Crippen LogP contribution in [-0.4, -0.2) is 12.5 Å². The van der Waals surface area contributed by atoms with E-state index in [1.165, 1.54) is 0 Å². The van der Waals surface area contributed by atoms with E-state index in [4.69, 9.17) is 17.3 Å². The van der Waals surface area contributed by atoms with Crippen molar-refractivity contribution in [2.75, 3.05) is 11.9 Å². The van der Waals surface area contributed by atoms with E-state index in [1.807, 2.05) is 12.1 Å². The molecule has 14 heavy (non-hydrogen) atoms. The molecule has 0 aliphatic carbocycles. The molecule has 0 spiro atoms. The number of amides is 1. The quantitative estimate of drug-likeness (QED) is 0.781. The van der Waals surface area contributed by atoms with Gasteiger partial charge in [0.15, 0.2) is 0 Å². The molecule has 1 aromatic carbocycles. The van der Waals surface area contributed by atoms with Gasteiger partial charge in [0, 0.05) is 10.7 Å². The van der Waals surface area contributed by atoms with E-state index in [0.717, 1.165) is 11.3 Å². The number of benzene rings is 1. The lowest BCUT2D eigenvalue weighted by molar-refractivity contribution is -0.117. The highest BCUT2D eigenvalue weighted by atomic mass is 35.5. The SMILES string of the molecule is NCC[C@@H]1C(=O)Nc2ccc(Cl)cc21. The molecule has 1 aromatic rings. The summed E-state index contributed by atoms with van der Waals surface area (Å²) in [5.74, 6) is -0.110. The van der Waals surface area contributed by atoms with Crippen molar-refractivity contribution in [3.8, 4) is 0 Å². The fourth-order valence-electron chi connectivity index (χ4n) is 1.75. The van der Waals surface area contributed by atoms with Gasteiger partial charge in [-0.15, -0.1) is 0 Å². The topological polar surface area (TPSA) is 55.1 Å². The highest BCUT2D eigenvalue weighted by molar-refractivity contribution is 6.31. The number of nitrogens with two attached hydrogens (primary N) is 1. The largest absolute Gasteiger partial charge is 0.330 e. The normalized spacial score (nSPS) is 19.3. The van der Waals surface area contributed by atoms with Crippen molar-refractivity contribution in [1.29, 1.82) is 0 Å². The zero-order valence-corrected chi connectivity index (χ0v) is 8.34. The van der Waals surface area contributed by atoms with Gasteiger partial charge in [-0.2, -0.15) is 0 Å². The summed E-state index contributed by atoms with van der Waals surface area (Å²) in [6.07, 6.45) is 0.666. The van der Waals surface area contributed by atoms with Crippen molar-refractivity contribution >= 4 is 23.2 Å². The molecule has 0 radical (unpaired) electrons. The first-order chi connectivity index (χ1) is 6.72. The lowest BCUT2D eigenvalue weighted by Gasteiger charge is -2.06. The molecule has 0 bridgehead atoms. The molecule has 1 atom stereocenters. The number of rotatable bonds is 2. The molecule has 1 aliphatic rings. The van der Waals surface area contributed by atoms with Crippen LogP contribution in [0.25, 0.3) is 0 Å². The van der Waals surface area contributed by atoms with Gasteiger partial charge in [0.25, 0.3) is 0 Å². The summed E-state index contributed by atoms with van der Waals surface area (Å²) in [5.41, 5.74) is 7.28. The Balaban J connectivity index is 2.39. The first-order valence-electron chi connectivity index (χ1n) is 4.52. The molecule has 0 aromatic heterocycles. The Bertz CT molecular complexity index is 378. The van der Waals surface area contributed by atoms with E-state index in [-0.39, 0.29) is 11.8 Å². The van der Waals surface area contributed by atoms with E-state index >= 15 is 0 Å². The zero-order valence-electron chi connectivity index (χ0n) is 7.59. The van der Waals surface area contributed by atoms with E-state index in [0.29, 0.717) is 18.0 Å². The minimum Gasteiger partial charge on any atom is -0.330 e. The summed E-state index contributed by atoms with van der Waals surface area (Å²) >= 11 is 5.87. The average molecular weight is 211 g/mol. The maximum absolute atomic E-state index is 11.5. The predicted molar refractivity (Wildman–Crippen MR) is 56.5 cm³/mol. The fourth-order valence-corrected chi connectivity index (χ4v) is 1.93. The number of carbonyl (C=O) groups is 1. The van der Waals surface area contributed by atoms with Gasteiger partial charge >= 0.3 is 0 Å². The van der Waals surface area contributed by atoms with Crippen LogP contribution >= 0.6 is 11.6 Å². The highest BCUT2D eigenvalue weighted by Crippen LogP contribution is 2.35. The second-order valence-corrected chi connectivity index (χ2v) is 3.79. The molecule has 0 saturated heterocycles. The van der Waals surface area contributed by atoms with Gasteiger partial charge in [-0.05, 0) is 36.7 Å². The summed E-state index contributed by atoms with van der Waals surface area (Å²) in [6, 6.07) is 5.42. The summed E-state index contributed by atoms with van der Waals surface area (Å²) in [4.78, 5) is 11.5. The number of carbonyl (C=O) groups excluding carboxylic acids is 1. The molecule has 1 heterocycles. The maximum Gasteiger partial charge on any atom is 0.232 e. The maximum atomic E-state index is 11.5. The Morgan fingerprint density at radius 3 is 3.00 bits per heavy atom. The molecule has 3 nitrogen and oxygen atoms in total. The summed E-state index contributed by atoms with van der Waals surface area (Å²) < 4.78 is 0. The lowest BCUT2D eigenvalue weighted by Crippen LogP contribution is -2.15. The first kappa shape index (κ1) is 9.49. The molecular weight excluding hydrogens is 200 g/mol. The molecule has 0 fully saturated rings. The molecule has 74 valence electrons. The van der Waals surface area contributed by atoms with Gasteiger partial charge in [-0.1, -0.05) is 11.6 Å². The molecule has 3 N–H and O–H groups in total. The standard InChI is InChI=1S/C10H11ClN2O/c11-6-1-2-9-8(5-6)7(3-4-12)10(14)13-9/h1-2,5,7H,3-4,12H2,(H,13,14)/t7-/m0/s1. The van der Waals surface area contributed by atoms with E-state index in [2.05, 4.69) is 5.32 Å². The van der Waals surface area contributed by atoms with Gasteiger partial charge in [-0.3, -0.25) is 4.79 Å². The zero-order chi connectivity index (χ0) is 10.1. The van der Waals surface area contributed by atoms with Crippen LogP contribution in [0.3, 0.4) is 0 Å². The van der Waals surface area contributed by atoms with Crippen molar-refractivity contribution in [3.05, 3.63) is 28.8 Å². The van der Waals surface area contributed by atoms with E-state index in [9.17, 15) is 4.79 Å². The number of hydrogen-bond acceptors (Lipinski definition) is 2. The number of halogens is 1. The second-order valence-electron chi connectivity index (χ2n) is 3.35. The van der Waals surface area contributed by atoms with E-state index in [1.54, 1.807) is 6.07 Å². The third-order valence-corrected chi connectivity index (χ3v) is 2.65. The monoisotopic (exact) mass is 210 g/mol. The molecule has 1 aliphatic heterocycles. The molecule has 0 unspecified atom stereocenters. The minimum atomic E-state index is -0.131. The number of anilines is 1. The number of nitrogens with one attached hydrogen (secondary N) is 1. The van der Waals surface area contributed by atoms with Gasteiger partial charge in [-0.25, -0.2) is 0 Å². The van der Waals surface area contributed by atoms with Crippen molar-refractivity contribution in [1.82, 2.24) is 0 Å². The average Bonchev–Trinajstić information content (AvgIpc) is 2.45. The van der Waals surface area contributed by atoms with Crippen LogP contribution in [0.2, 0.25) is 5.02 Å². The van der Waals surface area contributed by atoms with Crippen LogP contribution in [0.4, 0.5) is 5.69 Å². The molecule has 0 saturated carbocycles. The van der Waals surface area contributed by atoms with Gasteiger partial charge in [0.05, 0.1) is 5.92 Å². The molecule has 1 amide bonds. The third kappa shape index (κ3) is 1.49. The summed E-state index contributed by atoms with van der Waals surface area (Å²) in [6.45, 7) is 0.504. The number of hydrogen-bond donors (Lipinski definition) is 2. The van der Waals surface area contributed by atoms with Crippen LogP contribution in [0.5, 0.6) is 0 Å². The Hall–Kier alpha value is -1.06. The predicted octanol–water partition coefficient (Wildman–Crippen LogP) is 1.72. The van der Waals surface area contributed by atoms with Crippen LogP contribution in [0.15, 0.2) is 18.2 Å². The van der Waals surface area contributed by atoms with Crippen molar-refractivity contribution in [3.63, 3.8) is 0 Å². The smallest absolute Gasteiger partial charge is 0.232 e. The van der Waals surface area contributed by atoms with Crippen molar-refractivity contribution < 1.29 is 4.79 Å². The fraction of sp³-hybridized carbons (Fsp3) is 0.300. The molecule has 4 heteroatoms. The van der Waals surface area contributed by atoms with Gasteiger partial charge in [0.1, 0.15) is 0 Å². The van der Waals surface area contributed by atoms with Crippen LogP contribution in [0, 0.1) is 0 Å². The Morgan fingerprint density at radius 1 is 1.50 bits per heavy atom. The summed E-state index contributed by atoms with van der Waals surface area (Å²) in [7, 11) is 0. The second kappa shape index (κ2) is 3.59. The Kier molecular flexibility index (Phi) is 2.44. The molecule has 2 rings (SSSR count). The minimum absolute atomic E-state index is 0.0210. The summed E-state index contributed by atoms with van der Waals surface area (Å²) in [5, 5.41) is 3.46. The van der Waals surface area contributed by atoms with Crippen LogP contribution in [-0.2, 0) is 4.79 Å². The van der Waals surface area contributed by atoms with Gasteiger partial charge in [0.2, 0.25) is 5.91 Å². The Morgan fingerprint density at radius 2 is 2.29 bits per heavy atom. The highest BCUT2D eigenvalue weighted by Gasteiger charge is 2.29. The molecular formula is C10H11ClN2O.